The van der Waals surface area contributed by atoms with E-state index in [0.29, 0.717) is 5.82 Å². The van der Waals surface area contributed by atoms with E-state index in [4.69, 9.17) is 5.73 Å². The molecule has 1 aromatic carbocycles. The summed E-state index contributed by atoms with van der Waals surface area (Å²) in [5, 5.41) is 1.12. The second-order valence-corrected chi connectivity index (χ2v) is 4.34. The molecule has 0 fully saturated rings. The Hall–Kier alpha value is -2.10. The highest BCUT2D eigenvalue weighted by Gasteiger charge is 2.14. The van der Waals surface area contributed by atoms with Gasteiger partial charge in [0.15, 0.2) is 5.82 Å². The number of anilines is 1. The van der Waals surface area contributed by atoms with Gasteiger partial charge in [-0.1, -0.05) is 25.1 Å². The highest BCUT2D eigenvalue weighted by atomic mass is 15.1. The van der Waals surface area contributed by atoms with Crippen LogP contribution in [-0.4, -0.2) is 14.5 Å². The zero-order chi connectivity index (χ0) is 12.7. The third kappa shape index (κ3) is 1.38. The van der Waals surface area contributed by atoms with Gasteiger partial charge in [-0.3, -0.25) is 0 Å². The summed E-state index contributed by atoms with van der Waals surface area (Å²) in [5.41, 5.74) is 8.89. The largest absolute Gasteiger partial charge is 0.382 e. The predicted octanol–water partition coefficient (Wildman–Crippen LogP) is 2.75. The number of hydrogen-bond donors (Lipinski definition) is 1. The summed E-state index contributed by atoms with van der Waals surface area (Å²) in [6, 6.07) is 8.08. The highest BCUT2D eigenvalue weighted by Crippen LogP contribution is 2.28. The van der Waals surface area contributed by atoms with Crippen molar-refractivity contribution in [1.29, 1.82) is 0 Å². The molecule has 2 heterocycles. The molecule has 3 rings (SSSR count). The summed E-state index contributed by atoms with van der Waals surface area (Å²) in [5.74, 6) is 1.59. The minimum atomic E-state index is 0.519. The van der Waals surface area contributed by atoms with E-state index in [2.05, 4.69) is 34.4 Å². The zero-order valence-corrected chi connectivity index (χ0v) is 10.6. The van der Waals surface area contributed by atoms with Gasteiger partial charge in [0.25, 0.3) is 0 Å². The first-order valence-corrected chi connectivity index (χ1v) is 6.29. The SMILES string of the molecule is CCc1nc2c(N)nc3ccccc3c2n1CC. The fourth-order valence-corrected chi connectivity index (χ4v) is 2.52. The van der Waals surface area contributed by atoms with Gasteiger partial charge in [-0.05, 0) is 13.0 Å². The molecule has 0 saturated carbocycles. The third-order valence-electron chi connectivity index (χ3n) is 3.32. The number of aryl methyl sites for hydroxylation is 2. The maximum atomic E-state index is 6.03. The molecule has 0 spiro atoms. The van der Waals surface area contributed by atoms with Gasteiger partial charge in [0.1, 0.15) is 11.3 Å². The van der Waals surface area contributed by atoms with Crippen LogP contribution in [-0.2, 0) is 13.0 Å². The number of hydrogen-bond acceptors (Lipinski definition) is 3. The van der Waals surface area contributed by atoms with Gasteiger partial charge in [-0.25, -0.2) is 9.97 Å². The third-order valence-corrected chi connectivity index (χ3v) is 3.32. The number of aromatic nitrogens is 3. The topological polar surface area (TPSA) is 56.7 Å². The number of fused-ring (bicyclic) bond motifs is 3. The predicted molar refractivity (Wildman–Crippen MR) is 74.5 cm³/mol. The van der Waals surface area contributed by atoms with Crippen molar-refractivity contribution in [2.45, 2.75) is 26.8 Å². The first kappa shape index (κ1) is 11.0. The number of imidazole rings is 1. The standard InChI is InChI=1S/C14H16N4/c1-3-11-17-12-13(18(11)4-2)9-7-5-6-8-10(9)16-14(12)15/h5-8H,3-4H2,1-2H3,(H2,15,16). The normalized spacial score (nSPS) is 11.4. The van der Waals surface area contributed by atoms with Crippen LogP contribution in [0.4, 0.5) is 5.82 Å². The maximum Gasteiger partial charge on any atom is 0.152 e. The van der Waals surface area contributed by atoms with Crippen molar-refractivity contribution >= 4 is 27.8 Å². The molecule has 3 aromatic rings. The fourth-order valence-electron chi connectivity index (χ4n) is 2.52. The monoisotopic (exact) mass is 240 g/mol. The minimum Gasteiger partial charge on any atom is -0.382 e. The lowest BCUT2D eigenvalue weighted by Gasteiger charge is -2.06. The first-order chi connectivity index (χ1) is 8.76. The molecule has 0 unspecified atom stereocenters. The van der Waals surface area contributed by atoms with E-state index in [-0.39, 0.29) is 0 Å². The van der Waals surface area contributed by atoms with Crippen molar-refractivity contribution in [3.05, 3.63) is 30.1 Å². The molecule has 0 aliphatic carbocycles. The molecule has 0 aliphatic heterocycles. The van der Waals surface area contributed by atoms with Gasteiger partial charge >= 0.3 is 0 Å². The molecule has 92 valence electrons. The Balaban J connectivity index is 2.56. The van der Waals surface area contributed by atoms with Gasteiger partial charge < -0.3 is 10.3 Å². The van der Waals surface area contributed by atoms with Crippen molar-refractivity contribution in [3.8, 4) is 0 Å². The first-order valence-electron chi connectivity index (χ1n) is 6.29. The molecular formula is C14H16N4. The molecule has 4 nitrogen and oxygen atoms in total. The van der Waals surface area contributed by atoms with Crippen LogP contribution in [0.2, 0.25) is 0 Å². The van der Waals surface area contributed by atoms with Crippen molar-refractivity contribution in [2.75, 3.05) is 5.73 Å². The Kier molecular flexibility index (Phi) is 2.44. The van der Waals surface area contributed by atoms with Crippen LogP contribution in [0, 0.1) is 0 Å². The zero-order valence-electron chi connectivity index (χ0n) is 10.6. The Morgan fingerprint density at radius 1 is 1.17 bits per heavy atom. The molecule has 0 amide bonds. The van der Waals surface area contributed by atoms with Crippen LogP contribution in [0.3, 0.4) is 0 Å². The second-order valence-electron chi connectivity index (χ2n) is 4.34. The highest BCUT2D eigenvalue weighted by molar-refractivity contribution is 6.06. The molecular weight excluding hydrogens is 224 g/mol. The second kappa shape index (κ2) is 3.98. The number of nitrogens with zero attached hydrogens (tertiary/aromatic N) is 3. The fraction of sp³-hybridized carbons (Fsp3) is 0.286. The van der Waals surface area contributed by atoms with E-state index < -0.39 is 0 Å². The van der Waals surface area contributed by atoms with E-state index in [1.54, 1.807) is 0 Å². The minimum absolute atomic E-state index is 0.519. The van der Waals surface area contributed by atoms with Gasteiger partial charge in [0.2, 0.25) is 0 Å². The molecule has 0 saturated heterocycles. The average molecular weight is 240 g/mol. The molecule has 4 heteroatoms. The quantitative estimate of drug-likeness (QED) is 0.749. The number of pyridine rings is 1. The molecule has 18 heavy (non-hydrogen) atoms. The maximum absolute atomic E-state index is 6.03. The lowest BCUT2D eigenvalue weighted by atomic mass is 10.2. The summed E-state index contributed by atoms with van der Waals surface area (Å²) in [6.07, 6.45) is 0.899. The van der Waals surface area contributed by atoms with Crippen LogP contribution < -0.4 is 5.73 Å². The Labute approximate surface area is 105 Å². The number of nitrogen functional groups attached to an aromatic ring is 1. The molecule has 0 atom stereocenters. The lowest BCUT2D eigenvalue weighted by molar-refractivity contribution is 0.727. The summed E-state index contributed by atoms with van der Waals surface area (Å²) < 4.78 is 2.23. The van der Waals surface area contributed by atoms with Crippen molar-refractivity contribution in [2.24, 2.45) is 0 Å². The van der Waals surface area contributed by atoms with Gasteiger partial charge in [0, 0.05) is 18.4 Å². The van der Waals surface area contributed by atoms with Crippen LogP contribution in [0.5, 0.6) is 0 Å². The summed E-state index contributed by atoms with van der Waals surface area (Å²) in [6.45, 7) is 5.14. The van der Waals surface area contributed by atoms with E-state index in [0.717, 1.165) is 40.7 Å². The lowest BCUT2D eigenvalue weighted by Crippen LogP contribution is -2.00. The Bertz CT molecular complexity index is 727. The van der Waals surface area contributed by atoms with E-state index in [9.17, 15) is 0 Å². The van der Waals surface area contributed by atoms with Crippen molar-refractivity contribution < 1.29 is 0 Å². The summed E-state index contributed by atoms with van der Waals surface area (Å²) in [4.78, 5) is 9.06. The molecule has 0 radical (unpaired) electrons. The van der Waals surface area contributed by atoms with Crippen LogP contribution in [0.1, 0.15) is 19.7 Å². The van der Waals surface area contributed by atoms with Crippen LogP contribution in [0.25, 0.3) is 21.9 Å². The van der Waals surface area contributed by atoms with Gasteiger partial charge in [-0.15, -0.1) is 0 Å². The van der Waals surface area contributed by atoms with E-state index in [1.165, 1.54) is 0 Å². The van der Waals surface area contributed by atoms with Crippen LogP contribution >= 0.6 is 0 Å². The van der Waals surface area contributed by atoms with Crippen molar-refractivity contribution in [1.82, 2.24) is 14.5 Å². The van der Waals surface area contributed by atoms with E-state index >= 15 is 0 Å². The number of para-hydroxylation sites is 1. The Morgan fingerprint density at radius 3 is 2.67 bits per heavy atom. The number of rotatable bonds is 2. The average Bonchev–Trinajstić information content (AvgIpc) is 2.78. The summed E-state index contributed by atoms with van der Waals surface area (Å²) >= 11 is 0. The van der Waals surface area contributed by atoms with Crippen molar-refractivity contribution in [3.63, 3.8) is 0 Å². The molecule has 2 N–H and O–H groups in total. The smallest absolute Gasteiger partial charge is 0.152 e. The summed E-state index contributed by atoms with van der Waals surface area (Å²) in [7, 11) is 0. The van der Waals surface area contributed by atoms with E-state index in [1.807, 2.05) is 18.2 Å². The number of nitrogens with two attached hydrogens (primary N) is 1. The molecule has 0 aliphatic rings. The molecule has 2 aromatic heterocycles. The number of benzene rings is 1. The Morgan fingerprint density at radius 2 is 1.94 bits per heavy atom. The molecule has 0 bridgehead atoms. The van der Waals surface area contributed by atoms with Crippen LogP contribution in [0.15, 0.2) is 24.3 Å². The van der Waals surface area contributed by atoms with Gasteiger partial charge in [0.05, 0.1) is 11.0 Å². The van der Waals surface area contributed by atoms with Gasteiger partial charge in [-0.2, -0.15) is 0 Å².